The SMILES string of the molecule is C/C=c1\c(=C/C)n2n(-c3ccccc3O)n12. The van der Waals surface area contributed by atoms with Crippen LogP contribution >= 0.6 is 0 Å². The fourth-order valence-corrected chi connectivity index (χ4v) is 2.06. The highest BCUT2D eigenvalue weighted by Gasteiger charge is 2.21. The fraction of sp³-hybridized carbons (Fsp3) is 0.167. The van der Waals surface area contributed by atoms with Crippen molar-refractivity contribution in [3.63, 3.8) is 0 Å². The van der Waals surface area contributed by atoms with Crippen molar-refractivity contribution in [3.8, 4) is 11.4 Å². The summed E-state index contributed by atoms with van der Waals surface area (Å²) in [4.78, 5) is 1.94. The summed E-state index contributed by atoms with van der Waals surface area (Å²) in [5.74, 6) is 0.294. The topological polar surface area (TPSA) is 34.0 Å². The molecule has 4 nitrogen and oxygen atoms in total. The maximum atomic E-state index is 9.77. The molecule has 0 unspecified atom stereocenters. The van der Waals surface area contributed by atoms with Crippen LogP contribution in [0.2, 0.25) is 0 Å². The molecular formula is C12H13N3O. The van der Waals surface area contributed by atoms with Gasteiger partial charge in [-0.15, -0.1) is 14.1 Å². The molecule has 0 bridgehead atoms. The van der Waals surface area contributed by atoms with Crippen molar-refractivity contribution in [2.75, 3.05) is 0 Å². The van der Waals surface area contributed by atoms with Crippen LogP contribution in [0.15, 0.2) is 24.3 Å². The van der Waals surface area contributed by atoms with Gasteiger partial charge in [-0.05, 0) is 26.0 Å². The number of hydrogen-bond acceptors (Lipinski definition) is 1. The zero-order valence-electron chi connectivity index (χ0n) is 9.25. The van der Waals surface area contributed by atoms with Gasteiger partial charge in [0.15, 0.2) is 0 Å². The fourth-order valence-electron chi connectivity index (χ4n) is 2.06. The quantitative estimate of drug-likeness (QED) is 0.633. The molecule has 0 aliphatic carbocycles. The average Bonchev–Trinajstić information content (AvgIpc) is 2.89. The van der Waals surface area contributed by atoms with Crippen molar-refractivity contribution in [1.82, 2.24) is 14.1 Å². The first kappa shape index (κ1) is 9.15. The van der Waals surface area contributed by atoms with E-state index in [1.807, 2.05) is 46.1 Å². The number of aromatic hydroxyl groups is 1. The van der Waals surface area contributed by atoms with Crippen LogP contribution in [0.25, 0.3) is 17.8 Å². The highest BCUT2D eigenvalue weighted by atomic mass is 16.3. The monoisotopic (exact) mass is 215 g/mol. The predicted octanol–water partition coefficient (Wildman–Crippen LogP) is 0.574. The van der Waals surface area contributed by atoms with Gasteiger partial charge in [-0.3, -0.25) is 0 Å². The Morgan fingerprint density at radius 1 is 1.00 bits per heavy atom. The summed E-state index contributed by atoms with van der Waals surface area (Å²) in [5, 5.41) is 12.1. The van der Waals surface area contributed by atoms with E-state index in [-0.39, 0.29) is 0 Å². The van der Waals surface area contributed by atoms with Gasteiger partial charge >= 0.3 is 0 Å². The summed E-state index contributed by atoms with van der Waals surface area (Å²) in [7, 11) is 0. The van der Waals surface area contributed by atoms with Gasteiger partial charge in [0.2, 0.25) is 0 Å². The van der Waals surface area contributed by atoms with Crippen LogP contribution in [-0.2, 0) is 0 Å². The van der Waals surface area contributed by atoms with Crippen LogP contribution in [0.1, 0.15) is 13.8 Å². The van der Waals surface area contributed by atoms with Crippen molar-refractivity contribution in [1.29, 1.82) is 0 Å². The average molecular weight is 215 g/mol. The number of nitrogens with zero attached hydrogens (tertiary/aromatic N) is 3. The second-order valence-corrected chi connectivity index (χ2v) is 3.70. The van der Waals surface area contributed by atoms with Crippen LogP contribution in [0.4, 0.5) is 0 Å². The van der Waals surface area contributed by atoms with Gasteiger partial charge < -0.3 is 5.11 Å². The summed E-state index contributed by atoms with van der Waals surface area (Å²) in [6, 6.07) is 7.33. The molecule has 0 saturated carbocycles. The Hall–Kier alpha value is -2.10. The lowest BCUT2D eigenvalue weighted by Gasteiger charge is -1.95. The molecule has 3 aromatic rings. The first-order valence-corrected chi connectivity index (χ1v) is 5.30. The van der Waals surface area contributed by atoms with E-state index in [9.17, 15) is 5.11 Å². The molecule has 2 aromatic heterocycles. The molecule has 1 N–H and O–H groups in total. The molecule has 82 valence electrons. The van der Waals surface area contributed by atoms with Crippen LogP contribution < -0.4 is 10.7 Å². The Bertz CT molecular complexity index is 701. The number of fused-ring (bicyclic) bond motifs is 1. The van der Waals surface area contributed by atoms with Crippen LogP contribution in [0.3, 0.4) is 0 Å². The first-order chi connectivity index (χ1) is 7.79. The number of benzene rings is 1. The van der Waals surface area contributed by atoms with Gasteiger partial charge in [0.25, 0.3) is 0 Å². The van der Waals surface area contributed by atoms with Crippen molar-refractivity contribution >= 4 is 12.2 Å². The zero-order valence-corrected chi connectivity index (χ0v) is 9.25. The van der Waals surface area contributed by atoms with Gasteiger partial charge in [0, 0.05) is 0 Å². The molecule has 0 atom stereocenters. The first-order valence-electron chi connectivity index (χ1n) is 5.30. The Labute approximate surface area is 92.2 Å². The number of phenolic OH excluding ortho intramolecular Hbond substituents is 1. The maximum absolute atomic E-state index is 9.77. The summed E-state index contributed by atoms with van der Waals surface area (Å²) in [6.07, 6.45) is 4.12. The van der Waals surface area contributed by atoms with Gasteiger partial charge in [-0.2, -0.15) is 0 Å². The van der Waals surface area contributed by atoms with Gasteiger partial charge in [0.1, 0.15) is 22.1 Å². The number of rotatable bonds is 1. The van der Waals surface area contributed by atoms with E-state index in [1.165, 1.54) is 10.7 Å². The van der Waals surface area contributed by atoms with Crippen molar-refractivity contribution in [2.24, 2.45) is 0 Å². The van der Waals surface area contributed by atoms with E-state index in [0.29, 0.717) is 5.75 Å². The molecule has 1 aromatic carbocycles. The number of phenols is 1. The second-order valence-electron chi connectivity index (χ2n) is 3.70. The molecule has 0 fully saturated rings. The minimum absolute atomic E-state index is 0.294. The van der Waals surface area contributed by atoms with E-state index in [2.05, 4.69) is 12.2 Å². The lowest BCUT2D eigenvalue weighted by atomic mass is 10.3. The lowest BCUT2D eigenvalue weighted by molar-refractivity contribution is 0.471. The molecule has 3 rings (SSSR count). The van der Waals surface area contributed by atoms with Crippen LogP contribution in [0, 0.1) is 0 Å². The summed E-state index contributed by atoms with van der Waals surface area (Å²) in [6.45, 7) is 4.02. The Morgan fingerprint density at radius 2 is 1.56 bits per heavy atom. The third kappa shape index (κ3) is 0.934. The molecule has 0 amide bonds. The Balaban J connectivity index is 2.28. The third-order valence-electron chi connectivity index (χ3n) is 2.85. The van der Waals surface area contributed by atoms with E-state index < -0.39 is 0 Å². The normalized spacial score (nSPS) is 14.6. The Kier molecular flexibility index (Phi) is 1.68. The predicted molar refractivity (Wildman–Crippen MR) is 62.6 cm³/mol. The summed E-state index contributed by atoms with van der Waals surface area (Å²) >= 11 is 0. The van der Waals surface area contributed by atoms with Gasteiger partial charge in [-0.1, -0.05) is 24.3 Å². The van der Waals surface area contributed by atoms with E-state index in [1.54, 1.807) is 6.07 Å². The molecule has 0 radical (unpaired) electrons. The minimum atomic E-state index is 0.294. The lowest BCUT2D eigenvalue weighted by Crippen LogP contribution is -2.39. The molecule has 0 spiro atoms. The van der Waals surface area contributed by atoms with Crippen LogP contribution in [-0.4, -0.2) is 19.2 Å². The number of hydrogen-bond donors (Lipinski definition) is 1. The zero-order chi connectivity index (χ0) is 11.3. The molecule has 0 aliphatic rings. The molecule has 4 heteroatoms. The van der Waals surface area contributed by atoms with E-state index in [0.717, 1.165) is 5.69 Å². The highest BCUT2D eigenvalue weighted by molar-refractivity contribution is 5.45. The smallest absolute Gasteiger partial charge is 0.143 e. The molecular weight excluding hydrogens is 202 g/mol. The van der Waals surface area contributed by atoms with Crippen molar-refractivity contribution < 1.29 is 5.11 Å². The third-order valence-corrected chi connectivity index (χ3v) is 2.85. The number of para-hydroxylation sites is 2. The van der Waals surface area contributed by atoms with E-state index in [4.69, 9.17) is 0 Å². The van der Waals surface area contributed by atoms with E-state index >= 15 is 0 Å². The van der Waals surface area contributed by atoms with Gasteiger partial charge in [-0.25, -0.2) is 0 Å². The molecule has 2 heterocycles. The molecule has 0 aliphatic heterocycles. The summed E-state index contributed by atoms with van der Waals surface area (Å²) in [5.41, 5.74) is 0.804. The molecule has 16 heavy (non-hydrogen) atoms. The van der Waals surface area contributed by atoms with Crippen molar-refractivity contribution in [2.45, 2.75) is 13.8 Å². The van der Waals surface area contributed by atoms with Crippen LogP contribution in [0.5, 0.6) is 5.75 Å². The highest BCUT2D eigenvalue weighted by Crippen LogP contribution is 2.20. The summed E-state index contributed by atoms with van der Waals surface area (Å²) < 4.78 is 4.04. The second kappa shape index (κ2) is 2.95. The maximum Gasteiger partial charge on any atom is 0.143 e. The number of aromatic nitrogens is 3. The largest absolute Gasteiger partial charge is 0.506 e. The van der Waals surface area contributed by atoms with Gasteiger partial charge in [0.05, 0.1) is 0 Å². The Morgan fingerprint density at radius 3 is 2.06 bits per heavy atom. The van der Waals surface area contributed by atoms with Crippen molar-refractivity contribution in [3.05, 3.63) is 35.0 Å². The standard InChI is InChI=1S/C12H13N3O/c1-3-9-10(4-2)14-13(9)15(14)11-7-5-6-8-12(11)16/h3-8,16H,1-2H3/b9-3+,10-4+. The molecule has 0 saturated heterocycles. The minimum Gasteiger partial charge on any atom is -0.506 e.